The number of carbonyl (C=O) groups excluding carboxylic acids is 1. The highest BCUT2D eigenvalue weighted by molar-refractivity contribution is 6.31. The highest BCUT2D eigenvalue weighted by atomic mass is 35.5. The first-order chi connectivity index (χ1) is 9.90. The Labute approximate surface area is 129 Å². The normalized spacial score (nSPS) is 26.8. The van der Waals surface area contributed by atoms with Crippen LogP contribution in [0.15, 0.2) is 29.4 Å². The quantitative estimate of drug-likeness (QED) is 0.346. The Morgan fingerprint density at radius 1 is 1.52 bits per heavy atom. The van der Waals surface area contributed by atoms with E-state index in [0.29, 0.717) is 23.8 Å². The van der Waals surface area contributed by atoms with Crippen LogP contribution in [0.2, 0.25) is 5.02 Å². The lowest BCUT2D eigenvalue weighted by Gasteiger charge is -2.44. The molecule has 1 atom stereocenters. The number of amides is 1. The SMILES string of the molecule is CC1CC(C(=O)NC(C)c2ccccc2Cl)(/C(N)=N/O)C1. The number of rotatable bonds is 4. The minimum Gasteiger partial charge on any atom is -0.409 e. The van der Waals surface area contributed by atoms with Gasteiger partial charge in [0, 0.05) is 5.02 Å². The number of nitrogens with one attached hydrogen (secondary N) is 1. The molecule has 1 aromatic carbocycles. The van der Waals surface area contributed by atoms with Crippen molar-refractivity contribution >= 4 is 23.3 Å². The zero-order valence-electron chi connectivity index (χ0n) is 12.1. The van der Waals surface area contributed by atoms with Crippen molar-refractivity contribution in [2.45, 2.75) is 32.7 Å². The van der Waals surface area contributed by atoms with Crippen LogP contribution >= 0.6 is 11.6 Å². The molecule has 0 saturated heterocycles. The van der Waals surface area contributed by atoms with E-state index in [4.69, 9.17) is 22.5 Å². The van der Waals surface area contributed by atoms with Crippen molar-refractivity contribution in [3.63, 3.8) is 0 Å². The number of hydrogen-bond donors (Lipinski definition) is 3. The summed E-state index contributed by atoms with van der Waals surface area (Å²) in [5.41, 5.74) is 5.68. The lowest BCUT2D eigenvalue weighted by atomic mass is 9.61. The fourth-order valence-corrected chi connectivity index (χ4v) is 3.27. The van der Waals surface area contributed by atoms with Crippen molar-refractivity contribution in [3.05, 3.63) is 34.9 Å². The first-order valence-corrected chi connectivity index (χ1v) is 7.32. The molecule has 0 radical (unpaired) electrons. The van der Waals surface area contributed by atoms with Gasteiger partial charge in [0.1, 0.15) is 5.41 Å². The monoisotopic (exact) mass is 309 g/mol. The molecule has 114 valence electrons. The molecule has 0 bridgehead atoms. The number of hydrogen-bond acceptors (Lipinski definition) is 3. The molecule has 0 spiro atoms. The molecular weight excluding hydrogens is 290 g/mol. The fourth-order valence-electron chi connectivity index (χ4n) is 2.98. The van der Waals surface area contributed by atoms with E-state index in [-0.39, 0.29) is 17.8 Å². The third-order valence-electron chi connectivity index (χ3n) is 4.15. The zero-order chi connectivity index (χ0) is 15.6. The number of benzene rings is 1. The van der Waals surface area contributed by atoms with Gasteiger partial charge < -0.3 is 16.3 Å². The third-order valence-corrected chi connectivity index (χ3v) is 4.49. The van der Waals surface area contributed by atoms with Crippen LogP contribution in [-0.2, 0) is 4.79 Å². The molecule has 0 aliphatic heterocycles. The Bertz CT molecular complexity index is 568. The Balaban J connectivity index is 2.15. The van der Waals surface area contributed by atoms with E-state index in [1.54, 1.807) is 6.07 Å². The number of nitrogens with zero attached hydrogens (tertiary/aromatic N) is 1. The Morgan fingerprint density at radius 3 is 2.67 bits per heavy atom. The largest absolute Gasteiger partial charge is 0.409 e. The van der Waals surface area contributed by atoms with Crippen molar-refractivity contribution in [2.24, 2.45) is 22.2 Å². The van der Waals surface area contributed by atoms with Crippen LogP contribution in [-0.4, -0.2) is 17.0 Å². The molecule has 1 unspecified atom stereocenters. The summed E-state index contributed by atoms with van der Waals surface area (Å²) in [5, 5.41) is 15.5. The first-order valence-electron chi connectivity index (χ1n) is 6.94. The summed E-state index contributed by atoms with van der Waals surface area (Å²) in [7, 11) is 0. The molecule has 1 aromatic rings. The summed E-state index contributed by atoms with van der Waals surface area (Å²) in [6.45, 7) is 3.90. The van der Waals surface area contributed by atoms with Crippen LogP contribution in [0.4, 0.5) is 0 Å². The van der Waals surface area contributed by atoms with Crippen LogP contribution < -0.4 is 11.1 Å². The van der Waals surface area contributed by atoms with Gasteiger partial charge >= 0.3 is 0 Å². The predicted octanol–water partition coefficient (Wildman–Crippen LogP) is 2.68. The summed E-state index contributed by atoms with van der Waals surface area (Å²) >= 11 is 6.14. The molecule has 0 aromatic heterocycles. The maximum Gasteiger partial charge on any atom is 0.234 e. The van der Waals surface area contributed by atoms with Gasteiger partial charge in [-0.3, -0.25) is 4.79 Å². The Morgan fingerprint density at radius 2 is 2.14 bits per heavy atom. The van der Waals surface area contributed by atoms with Gasteiger partial charge in [0.2, 0.25) is 5.91 Å². The van der Waals surface area contributed by atoms with Crippen molar-refractivity contribution < 1.29 is 10.0 Å². The van der Waals surface area contributed by atoms with Crippen molar-refractivity contribution in [3.8, 4) is 0 Å². The van der Waals surface area contributed by atoms with E-state index in [1.165, 1.54) is 0 Å². The van der Waals surface area contributed by atoms with Gasteiger partial charge in [-0.1, -0.05) is 41.9 Å². The standard InChI is InChI=1S/C15H20ClN3O2/c1-9-7-15(8-9,13(17)19-21)14(20)18-10(2)11-5-3-4-6-12(11)16/h3-6,9-10,21H,7-8H2,1-2H3,(H2,17,19)(H,18,20). The number of oxime groups is 1. The minimum absolute atomic E-state index is 0.0236. The highest BCUT2D eigenvalue weighted by Gasteiger charge is 2.52. The molecule has 4 N–H and O–H groups in total. The smallest absolute Gasteiger partial charge is 0.234 e. The molecule has 21 heavy (non-hydrogen) atoms. The van der Waals surface area contributed by atoms with Crippen LogP contribution in [0.25, 0.3) is 0 Å². The van der Waals surface area contributed by atoms with Crippen molar-refractivity contribution in [1.82, 2.24) is 5.32 Å². The minimum atomic E-state index is -0.899. The fraction of sp³-hybridized carbons (Fsp3) is 0.467. The Kier molecular flexibility index (Phi) is 4.42. The van der Waals surface area contributed by atoms with E-state index in [2.05, 4.69) is 10.5 Å². The van der Waals surface area contributed by atoms with E-state index in [0.717, 1.165) is 5.56 Å². The van der Waals surface area contributed by atoms with E-state index in [1.807, 2.05) is 32.0 Å². The van der Waals surface area contributed by atoms with Gasteiger partial charge in [-0.15, -0.1) is 0 Å². The van der Waals surface area contributed by atoms with Crippen molar-refractivity contribution in [2.75, 3.05) is 0 Å². The molecule has 1 fully saturated rings. The third kappa shape index (κ3) is 2.83. The number of carbonyl (C=O) groups is 1. The van der Waals surface area contributed by atoms with Gasteiger partial charge in [0.05, 0.1) is 6.04 Å². The van der Waals surface area contributed by atoms with Gasteiger partial charge in [-0.2, -0.15) is 0 Å². The maximum atomic E-state index is 12.6. The molecule has 2 rings (SSSR count). The second-order valence-corrected chi connectivity index (χ2v) is 6.20. The molecule has 1 saturated carbocycles. The molecule has 5 nitrogen and oxygen atoms in total. The van der Waals surface area contributed by atoms with Gasteiger partial charge in [0.15, 0.2) is 5.84 Å². The molecule has 6 heteroatoms. The van der Waals surface area contributed by atoms with Crippen LogP contribution in [0.5, 0.6) is 0 Å². The average molecular weight is 310 g/mol. The molecule has 1 aliphatic carbocycles. The van der Waals surface area contributed by atoms with Crippen LogP contribution in [0.3, 0.4) is 0 Å². The number of halogens is 1. The second kappa shape index (κ2) is 5.93. The van der Waals surface area contributed by atoms with Crippen LogP contribution in [0, 0.1) is 11.3 Å². The highest BCUT2D eigenvalue weighted by Crippen LogP contribution is 2.46. The van der Waals surface area contributed by atoms with Gasteiger partial charge in [-0.25, -0.2) is 0 Å². The average Bonchev–Trinajstić information content (AvgIpc) is 2.42. The summed E-state index contributed by atoms with van der Waals surface area (Å²) in [4.78, 5) is 12.6. The number of nitrogens with two attached hydrogens (primary N) is 1. The number of amidine groups is 1. The molecule has 0 heterocycles. The summed E-state index contributed by atoms with van der Waals surface area (Å²) in [5.74, 6) is 0.138. The molecule has 1 aliphatic rings. The molecular formula is C15H20ClN3O2. The van der Waals surface area contributed by atoms with Crippen LogP contribution in [0.1, 0.15) is 38.3 Å². The zero-order valence-corrected chi connectivity index (χ0v) is 12.9. The summed E-state index contributed by atoms with van der Waals surface area (Å²) in [6, 6.07) is 7.11. The Hall–Kier alpha value is -1.75. The van der Waals surface area contributed by atoms with E-state index in [9.17, 15) is 4.79 Å². The van der Waals surface area contributed by atoms with E-state index >= 15 is 0 Å². The van der Waals surface area contributed by atoms with E-state index < -0.39 is 5.41 Å². The maximum absolute atomic E-state index is 12.6. The lowest BCUT2D eigenvalue weighted by molar-refractivity contribution is -0.133. The van der Waals surface area contributed by atoms with Gasteiger partial charge in [-0.05, 0) is 37.3 Å². The predicted molar refractivity (Wildman–Crippen MR) is 82.2 cm³/mol. The summed E-state index contributed by atoms with van der Waals surface area (Å²) < 4.78 is 0. The topological polar surface area (TPSA) is 87.7 Å². The molecule has 1 amide bonds. The van der Waals surface area contributed by atoms with Gasteiger partial charge in [0.25, 0.3) is 0 Å². The van der Waals surface area contributed by atoms with Crippen molar-refractivity contribution in [1.29, 1.82) is 0 Å². The second-order valence-electron chi connectivity index (χ2n) is 5.80. The first kappa shape index (κ1) is 15.6. The summed E-state index contributed by atoms with van der Waals surface area (Å²) in [6.07, 6.45) is 1.17. The lowest BCUT2D eigenvalue weighted by Crippen LogP contribution is -2.57.